The van der Waals surface area contributed by atoms with Gasteiger partial charge in [-0.2, -0.15) is 0 Å². The fourth-order valence-electron chi connectivity index (χ4n) is 5.21. The Morgan fingerprint density at radius 1 is 1.07 bits per heavy atom. The number of nitrogens with one attached hydrogen (secondary N) is 2. The van der Waals surface area contributed by atoms with E-state index in [9.17, 15) is 9.59 Å². The van der Waals surface area contributed by atoms with Gasteiger partial charge < -0.3 is 10.6 Å². The van der Waals surface area contributed by atoms with Gasteiger partial charge in [-0.25, -0.2) is 4.98 Å². The molecule has 0 spiro atoms. The zero-order valence-corrected chi connectivity index (χ0v) is 25.5. The minimum Gasteiger partial charge on any atom is -0.353 e. The van der Waals surface area contributed by atoms with Gasteiger partial charge in [0.15, 0.2) is 4.34 Å². The van der Waals surface area contributed by atoms with Crippen LogP contribution in [0.4, 0.5) is 5.69 Å². The Bertz CT molecular complexity index is 1350. The number of carbonyl (C=O) groups is 2. The maximum absolute atomic E-state index is 12.7. The third-order valence-electron chi connectivity index (χ3n) is 7.40. The number of piperidine rings is 1. The number of amides is 2. The molecule has 0 aliphatic carbocycles. The molecule has 2 fully saturated rings. The van der Waals surface area contributed by atoms with Crippen molar-refractivity contribution in [3.8, 4) is 11.3 Å². The number of thioether (sulfide) groups is 1. The van der Waals surface area contributed by atoms with Crippen molar-refractivity contribution < 1.29 is 9.59 Å². The summed E-state index contributed by atoms with van der Waals surface area (Å²) in [6.45, 7) is 3.62. The lowest BCUT2D eigenvalue weighted by Crippen LogP contribution is -2.44. The number of aromatic nitrogens is 1. The largest absolute Gasteiger partial charge is 0.353 e. The molecule has 7 nitrogen and oxygen atoms in total. The number of anilines is 1. The standard InChI is InChI=1S/C29H33Cl2N5O2S2/c1-35-11-3-6-26(35)28(38)33-22-5-2-4-20(15-22)25-17-39-29(34-25)40-18-27(37)32-21-9-12-36(13-10-21)16-19-7-8-23(30)24(31)14-19/h2,4-5,7-8,14-15,17,21,26H,3,6,9-13,16,18H2,1H3,(H,32,37)(H,33,38)/t26-/m1/s1. The number of nitrogens with zero attached hydrogens (tertiary/aromatic N) is 3. The molecule has 2 aliphatic rings. The molecule has 2 aromatic carbocycles. The van der Waals surface area contributed by atoms with Crippen LogP contribution in [-0.4, -0.2) is 71.1 Å². The number of hydrogen-bond donors (Lipinski definition) is 2. The van der Waals surface area contributed by atoms with Gasteiger partial charge in [0.05, 0.1) is 27.5 Å². The van der Waals surface area contributed by atoms with Crippen molar-refractivity contribution in [1.29, 1.82) is 0 Å². The molecule has 11 heteroatoms. The molecule has 40 heavy (non-hydrogen) atoms. The number of rotatable bonds is 9. The summed E-state index contributed by atoms with van der Waals surface area (Å²) in [6.07, 6.45) is 3.78. The second-order valence-electron chi connectivity index (χ2n) is 10.4. The van der Waals surface area contributed by atoms with Crippen LogP contribution in [0, 0.1) is 0 Å². The van der Waals surface area contributed by atoms with Crippen LogP contribution < -0.4 is 10.6 Å². The lowest BCUT2D eigenvalue weighted by Gasteiger charge is -2.32. The number of hydrogen-bond acceptors (Lipinski definition) is 7. The molecule has 212 valence electrons. The number of likely N-dealkylation sites (N-methyl/N-ethyl adjacent to an activating group) is 1. The summed E-state index contributed by atoms with van der Waals surface area (Å²) in [4.78, 5) is 34.5. The lowest BCUT2D eigenvalue weighted by molar-refractivity contribution is -0.120. The smallest absolute Gasteiger partial charge is 0.241 e. The van der Waals surface area contributed by atoms with Crippen LogP contribution in [0.3, 0.4) is 0 Å². The van der Waals surface area contributed by atoms with Gasteiger partial charge in [0.25, 0.3) is 0 Å². The second-order valence-corrected chi connectivity index (χ2v) is 13.3. The van der Waals surface area contributed by atoms with E-state index in [1.54, 1.807) is 0 Å². The van der Waals surface area contributed by atoms with Crippen molar-refractivity contribution in [2.24, 2.45) is 0 Å². The monoisotopic (exact) mass is 617 g/mol. The molecule has 2 aliphatic heterocycles. The number of likely N-dealkylation sites (tertiary alicyclic amines) is 2. The summed E-state index contributed by atoms with van der Waals surface area (Å²) in [5.74, 6) is 0.405. The van der Waals surface area contributed by atoms with Crippen LogP contribution in [0.2, 0.25) is 10.0 Å². The number of halogens is 2. The van der Waals surface area contributed by atoms with Gasteiger partial charge >= 0.3 is 0 Å². The van der Waals surface area contributed by atoms with Crippen LogP contribution in [-0.2, 0) is 16.1 Å². The van der Waals surface area contributed by atoms with Gasteiger partial charge in [0.1, 0.15) is 0 Å². The first kappa shape index (κ1) is 29.4. The highest BCUT2D eigenvalue weighted by molar-refractivity contribution is 8.01. The van der Waals surface area contributed by atoms with Gasteiger partial charge in [-0.1, -0.05) is 53.2 Å². The molecule has 1 atom stereocenters. The summed E-state index contributed by atoms with van der Waals surface area (Å²) in [6, 6.07) is 13.7. The third kappa shape index (κ3) is 7.78. The molecular formula is C29H33Cl2N5O2S2. The predicted octanol–water partition coefficient (Wildman–Crippen LogP) is 6.02. The van der Waals surface area contributed by atoms with Crippen LogP contribution in [0.1, 0.15) is 31.2 Å². The summed E-state index contributed by atoms with van der Waals surface area (Å²) < 4.78 is 0.851. The van der Waals surface area contributed by atoms with Crippen LogP contribution in [0.25, 0.3) is 11.3 Å². The van der Waals surface area contributed by atoms with Gasteiger partial charge in [-0.15, -0.1) is 11.3 Å². The molecule has 2 amide bonds. The Morgan fingerprint density at radius 2 is 1.90 bits per heavy atom. The van der Waals surface area contributed by atoms with E-state index in [0.717, 1.165) is 78.7 Å². The van der Waals surface area contributed by atoms with Crippen molar-refractivity contribution in [1.82, 2.24) is 20.1 Å². The van der Waals surface area contributed by atoms with Crippen molar-refractivity contribution >= 4 is 63.8 Å². The number of carbonyl (C=O) groups excluding carboxylic acids is 2. The Hall–Kier alpha value is -2.14. The van der Waals surface area contributed by atoms with E-state index in [1.165, 1.54) is 23.1 Å². The first-order chi connectivity index (χ1) is 19.3. The molecule has 3 aromatic rings. The average molecular weight is 619 g/mol. The summed E-state index contributed by atoms with van der Waals surface area (Å²) >= 11 is 15.2. The Morgan fingerprint density at radius 3 is 2.65 bits per heavy atom. The highest BCUT2D eigenvalue weighted by Crippen LogP contribution is 2.30. The summed E-state index contributed by atoms with van der Waals surface area (Å²) in [5.41, 5.74) is 3.70. The van der Waals surface area contributed by atoms with E-state index in [0.29, 0.717) is 15.8 Å². The van der Waals surface area contributed by atoms with E-state index < -0.39 is 0 Å². The van der Waals surface area contributed by atoms with Gasteiger partial charge in [0, 0.05) is 42.3 Å². The minimum atomic E-state index is -0.0707. The predicted molar refractivity (Wildman–Crippen MR) is 165 cm³/mol. The maximum Gasteiger partial charge on any atom is 0.241 e. The zero-order valence-electron chi connectivity index (χ0n) is 22.4. The highest BCUT2D eigenvalue weighted by atomic mass is 35.5. The average Bonchev–Trinajstić information content (AvgIpc) is 3.60. The highest BCUT2D eigenvalue weighted by Gasteiger charge is 2.27. The first-order valence-electron chi connectivity index (χ1n) is 13.5. The SMILES string of the molecule is CN1CCC[C@@H]1C(=O)Nc1cccc(-c2csc(SCC(=O)NC3CCN(Cc4ccc(Cl)c(Cl)c4)CC3)n2)c1. The molecule has 5 rings (SSSR count). The van der Waals surface area contributed by atoms with Gasteiger partial charge in [0.2, 0.25) is 11.8 Å². The molecular weight excluding hydrogens is 585 g/mol. The normalized spacial score (nSPS) is 18.6. The number of benzene rings is 2. The van der Waals surface area contributed by atoms with E-state index >= 15 is 0 Å². The van der Waals surface area contributed by atoms with Gasteiger partial charge in [-0.05, 0) is 69.1 Å². The quantitative estimate of drug-likeness (QED) is 0.286. The van der Waals surface area contributed by atoms with E-state index in [-0.39, 0.29) is 23.9 Å². The van der Waals surface area contributed by atoms with E-state index in [2.05, 4.69) is 20.4 Å². The molecule has 1 aromatic heterocycles. The third-order valence-corrected chi connectivity index (χ3v) is 10.2. The Balaban J connectivity index is 1.06. The second kappa shape index (κ2) is 13.7. The molecule has 2 N–H and O–H groups in total. The molecule has 0 radical (unpaired) electrons. The van der Waals surface area contributed by atoms with E-state index in [4.69, 9.17) is 28.2 Å². The van der Waals surface area contributed by atoms with E-state index in [1.807, 2.05) is 54.9 Å². The molecule has 3 heterocycles. The molecule has 2 saturated heterocycles. The Labute approximate surface area is 253 Å². The fourth-order valence-corrected chi connectivity index (χ4v) is 7.17. The topological polar surface area (TPSA) is 77.6 Å². The van der Waals surface area contributed by atoms with Crippen LogP contribution in [0.5, 0.6) is 0 Å². The van der Waals surface area contributed by atoms with Crippen molar-refractivity contribution in [3.05, 3.63) is 63.5 Å². The van der Waals surface area contributed by atoms with Crippen LogP contribution >= 0.6 is 46.3 Å². The fraction of sp³-hybridized carbons (Fsp3) is 0.414. The maximum atomic E-state index is 12.7. The lowest BCUT2D eigenvalue weighted by atomic mass is 10.0. The zero-order chi connectivity index (χ0) is 28.1. The minimum absolute atomic E-state index is 0.0336. The van der Waals surface area contributed by atoms with Crippen molar-refractivity contribution in [2.75, 3.05) is 37.8 Å². The summed E-state index contributed by atoms with van der Waals surface area (Å²) in [7, 11) is 1.99. The molecule has 0 unspecified atom stereocenters. The van der Waals surface area contributed by atoms with Crippen molar-refractivity contribution in [2.45, 2.75) is 48.7 Å². The molecule has 0 saturated carbocycles. The van der Waals surface area contributed by atoms with Crippen LogP contribution in [0.15, 0.2) is 52.2 Å². The van der Waals surface area contributed by atoms with Gasteiger partial charge in [-0.3, -0.25) is 19.4 Å². The Kier molecular flexibility index (Phi) is 10.0. The molecule has 0 bridgehead atoms. The first-order valence-corrected chi connectivity index (χ1v) is 16.1. The van der Waals surface area contributed by atoms with Crippen molar-refractivity contribution in [3.63, 3.8) is 0 Å². The summed E-state index contributed by atoms with van der Waals surface area (Å²) in [5, 5.41) is 9.39. The number of thiazole rings is 1.